The summed E-state index contributed by atoms with van der Waals surface area (Å²) in [5.41, 5.74) is 31.2. The summed E-state index contributed by atoms with van der Waals surface area (Å²) in [4.78, 5) is 7.47. The molecule has 19 rings (SSSR count). The van der Waals surface area contributed by atoms with Crippen LogP contribution in [0.2, 0.25) is 0 Å². The fourth-order valence-electron chi connectivity index (χ4n) is 15.5. The van der Waals surface area contributed by atoms with Crippen molar-refractivity contribution in [1.82, 2.24) is 19.1 Å². The first-order valence-electron chi connectivity index (χ1n) is 31.6. The molecule has 0 unspecified atom stereocenters. The quantitative estimate of drug-likeness (QED) is 0.152. The fourth-order valence-corrected chi connectivity index (χ4v) is 15.5. The van der Waals surface area contributed by atoms with Gasteiger partial charge < -0.3 is 19.1 Å². The van der Waals surface area contributed by atoms with Gasteiger partial charge in [0.05, 0.1) is 22.1 Å². The topological polar surface area (TPSA) is 41.4 Å². The van der Waals surface area contributed by atoms with Crippen molar-refractivity contribution < 1.29 is 0 Å². The molecule has 0 spiro atoms. The van der Waals surface area contributed by atoms with E-state index in [2.05, 4.69) is 336 Å². The Bertz CT molecular complexity index is 5970. The van der Waals surface area contributed by atoms with Gasteiger partial charge in [-0.2, -0.15) is 0 Å². The van der Waals surface area contributed by atoms with E-state index < -0.39 is 0 Å². The van der Waals surface area contributed by atoms with Crippen LogP contribution in [0.1, 0.15) is 25.0 Å². The summed E-state index contributed by atoms with van der Waals surface area (Å²) >= 11 is 0. The van der Waals surface area contributed by atoms with Gasteiger partial charge in [0.15, 0.2) is 0 Å². The predicted molar refractivity (Wildman–Crippen MR) is 384 cm³/mol. The normalized spacial score (nSPS) is 12.8. The number of para-hydroxylation sites is 3. The van der Waals surface area contributed by atoms with E-state index in [1.54, 1.807) is 0 Å². The number of aromatic amines is 2. The highest BCUT2D eigenvalue weighted by Gasteiger charge is 2.37. The van der Waals surface area contributed by atoms with Gasteiger partial charge in [-0.3, -0.25) is 0 Å². The molecule has 1 aliphatic rings. The number of hydrogen-bond acceptors (Lipinski definition) is 0. The molecule has 14 aromatic carbocycles. The van der Waals surface area contributed by atoms with Crippen molar-refractivity contribution in [3.63, 3.8) is 0 Å². The largest absolute Gasteiger partial charge is 0.355 e. The van der Waals surface area contributed by atoms with E-state index in [-0.39, 0.29) is 5.41 Å². The first kappa shape index (κ1) is 51.3. The lowest BCUT2D eigenvalue weighted by Gasteiger charge is -2.23. The van der Waals surface area contributed by atoms with E-state index in [9.17, 15) is 0 Å². The molecule has 426 valence electrons. The van der Waals surface area contributed by atoms with Crippen LogP contribution in [-0.2, 0) is 5.41 Å². The Morgan fingerprint density at radius 2 is 0.604 bits per heavy atom. The van der Waals surface area contributed by atoms with Gasteiger partial charge >= 0.3 is 0 Å². The SMILES string of the molecule is CC1(C)c2ccccc2-c2c(-c3ccc4c(c3)c3ccccc3n4-c3ccc(-c4ccc5[nH]c6ccc(-c7cccc(-c8ccccc8)c7)cc6c5c4)cc3)cc(-c3ccc4[nH]c5ccc(-c6ccc(-n7c8ccccc8c8ccccc87)cc6)cc5c4c3)cc21. The average Bonchev–Trinajstić information content (AvgIpc) is 1.60. The van der Waals surface area contributed by atoms with Gasteiger partial charge in [-0.1, -0.05) is 196 Å². The van der Waals surface area contributed by atoms with Crippen LogP contribution in [0.15, 0.2) is 303 Å². The summed E-state index contributed by atoms with van der Waals surface area (Å²) in [7, 11) is 0. The van der Waals surface area contributed by atoms with E-state index in [1.165, 1.54) is 154 Å². The minimum atomic E-state index is -0.208. The Balaban J connectivity index is 0.681. The zero-order valence-electron chi connectivity index (χ0n) is 50.3. The average molecular weight is 1160 g/mol. The van der Waals surface area contributed by atoms with Crippen LogP contribution in [0.5, 0.6) is 0 Å². The Kier molecular flexibility index (Phi) is 11.1. The zero-order chi connectivity index (χ0) is 60.1. The molecule has 0 saturated carbocycles. The van der Waals surface area contributed by atoms with Gasteiger partial charge in [0, 0.05) is 81.9 Å². The second-order valence-corrected chi connectivity index (χ2v) is 25.4. The Morgan fingerprint density at radius 1 is 0.231 bits per heavy atom. The number of rotatable bonds is 8. The van der Waals surface area contributed by atoms with Gasteiger partial charge in [-0.05, 0) is 210 Å². The lowest BCUT2D eigenvalue weighted by molar-refractivity contribution is 0.660. The fraction of sp³-hybridized carbons (Fsp3) is 0.0345. The van der Waals surface area contributed by atoms with E-state index in [0.29, 0.717) is 0 Å². The molecule has 0 atom stereocenters. The van der Waals surface area contributed by atoms with Gasteiger partial charge in [-0.25, -0.2) is 0 Å². The van der Waals surface area contributed by atoms with Crippen LogP contribution < -0.4 is 0 Å². The molecular weight excluding hydrogens is 1100 g/mol. The standard InChI is InChI=1S/C87H58N4/c1-87(2)76-23-10-6-22-69(76)86-70(51-63(52-77(86)87)61-34-43-81-74(49-61)72-47-59(32-41-79(72)89-81)54-27-36-64(37-28-54)90-82-24-11-7-19-66(82)67-20-8-12-25-83(67)90)62-35-44-85-75(50-62)68-21-9-13-26-84(68)91(85)65-38-29-55(30-39-65)58-31-40-78-71(46-58)73-48-60(33-42-80(73)88-78)57-18-14-17-56(45-57)53-15-4-3-5-16-53/h3-52,88-89H,1-2H3. The minimum absolute atomic E-state index is 0.208. The molecule has 0 fully saturated rings. The maximum absolute atomic E-state index is 3.77. The Hall–Kier alpha value is -11.7. The summed E-state index contributed by atoms with van der Waals surface area (Å²) in [5, 5.41) is 9.88. The molecule has 1 aliphatic carbocycles. The van der Waals surface area contributed by atoms with Crippen LogP contribution in [0.3, 0.4) is 0 Å². The zero-order valence-corrected chi connectivity index (χ0v) is 50.3. The van der Waals surface area contributed by atoms with Crippen molar-refractivity contribution in [1.29, 1.82) is 0 Å². The lowest BCUT2D eigenvalue weighted by atomic mass is 9.80. The molecule has 4 heterocycles. The molecule has 91 heavy (non-hydrogen) atoms. The van der Waals surface area contributed by atoms with E-state index in [4.69, 9.17) is 0 Å². The van der Waals surface area contributed by atoms with E-state index in [1.807, 2.05) is 0 Å². The number of benzene rings is 14. The molecule has 0 radical (unpaired) electrons. The molecule has 0 aliphatic heterocycles. The van der Waals surface area contributed by atoms with Crippen LogP contribution in [-0.4, -0.2) is 19.1 Å². The summed E-state index contributed by atoms with van der Waals surface area (Å²) in [6, 6.07) is 113. The lowest BCUT2D eigenvalue weighted by Crippen LogP contribution is -2.15. The molecule has 4 heteroatoms. The number of H-pyrrole nitrogens is 2. The molecule has 0 bridgehead atoms. The summed E-state index contributed by atoms with van der Waals surface area (Å²) in [6.45, 7) is 4.80. The first-order valence-corrected chi connectivity index (χ1v) is 31.6. The monoisotopic (exact) mass is 1160 g/mol. The smallest absolute Gasteiger partial charge is 0.0541 e. The van der Waals surface area contributed by atoms with Crippen molar-refractivity contribution in [2.75, 3.05) is 0 Å². The maximum atomic E-state index is 3.77. The van der Waals surface area contributed by atoms with Crippen molar-refractivity contribution in [3.8, 4) is 89.3 Å². The third kappa shape index (κ3) is 7.96. The second-order valence-electron chi connectivity index (χ2n) is 25.4. The highest BCUT2D eigenvalue weighted by atomic mass is 15.0. The first-order chi connectivity index (χ1) is 44.8. The summed E-state index contributed by atoms with van der Waals surface area (Å²) in [6.07, 6.45) is 0. The molecule has 0 saturated heterocycles. The van der Waals surface area contributed by atoms with Crippen molar-refractivity contribution >= 4 is 87.2 Å². The van der Waals surface area contributed by atoms with Crippen molar-refractivity contribution in [3.05, 3.63) is 314 Å². The van der Waals surface area contributed by atoms with Crippen LogP contribution >= 0.6 is 0 Å². The number of fused-ring (bicyclic) bond motifs is 15. The third-order valence-corrected chi connectivity index (χ3v) is 20.0. The highest BCUT2D eigenvalue weighted by Crippen LogP contribution is 2.54. The molecule has 4 nitrogen and oxygen atoms in total. The van der Waals surface area contributed by atoms with Gasteiger partial charge in [0.1, 0.15) is 0 Å². The van der Waals surface area contributed by atoms with Crippen LogP contribution in [0.4, 0.5) is 0 Å². The van der Waals surface area contributed by atoms with Gasteiger partial charge in [-0.15, -0.1) is 0 Å². The molecule has 2 N–H and O–H groups in total. The predicted octanol–water partition coefficient (Wildman–Crippen LogP) is 23.5. The molecule has 18 aromatic rings. The summed E-state index contributed by atoms with van der Waals surface area (Å²) < 4.78 is 4.83. The van der Waals surface area contributed by atoms with Crippen LogP contribution in [0.25, 0.3) is 176 Å². The number of aromatic nitrogens is 4. The third-order valence-electron chi connectivity index (χ3n) is 20.0. The van der Waals surface area contributed by atoms with Gasteiger partial charge in [0.2, 0.25) is 0 Å². The Morgan fingerprint density at radius 3 is 1.14 bits per heavy atom. The van der Waals surface area contributed by atoms with Crippen molar-refractivity contribution in [2.24, 2.45) is 0 Å². The molecular formula is C87H58N4. The van der Waals surface area contributed by atoms with E-state index in [0.717, 1.165) is 33.4 Å². The minimum Gasteiger partial charge on any atom is -0.355 e. The molecule has 0 amide bonds. The number of hydrogen-bond donors (Lipinski definition) is 2. The van der Waals surface area contributed by atoms with Gasteiger partial charge in [0.25, 0.3) is 0 Å². The molecule has 4 aromatic heterocycles. The number of nitrogens with zero attached hydrogens (tertiary/aromatic N) is 2. The van der Waals surface area contributed by atoms with Crippen molar-refractivity contribution in [2.45, 2.75) is 19.3 Å². The maximum Gasteiger partial charge on any atom is 0.0541 e. The Labute approximate surface area is 526 Å². The highest BCUT2D eigenvalue weighted by molar-refractivity contribution is 6.14. The summed E-state index contributed by atoms with van der Waals surface area (Å²) in [5.74, 6) is 0. The second kappa shape index (κ2) is 19.6. The van der Waals surface area contributed by atoms with E-state index >= 15 is 0 Å². The van der Waals surface area contributed by atoms with Crippen LogP contribution in [0, 0.1) is 0 Å². The number of nitrogens with one attached hydrogen (secondary N) is 2.